The van der Waals surface area contributed by atoms with Crippen LogP contribution in [0.15, 0.2) is 18.2 Å². The maximum Gasteiger partial charge on any atom is 0.265 e. The van der Waals surface area contributed by atoms with Gasteiger partial charge in [-0.15, -0.1) is 0 Å². The van der Waals surface area contributed by atoms with Gasteiger partial charge in [-0.1, -0.05) is 0 Å². The van der Waals surface area contributed by atoms with Gasteiger partial charge in [0, 0.05) is 6.07 Å². The molecule has 0 aliphatic carbocycles. The SMILES string of the molecule is O=C1COc2ccc(F)cc2N1CC1COCCO1. The van der Waals surface area contributed by atoms with Crippen molar-refractivity contribution in [2.24, 2.45) is 0 Å². The molecule has 6 heteroatoms. The van der Waals surface area contributed by atoms with E-state index in [2.05, 4.69) is 0 Å². The first-order chi connectivity index (χ1) is 9.24. The van der Waals surface area contributed by atoms with Crippen molar-refractivity contribution in [1.82, 2.24) is 0 Å². The molecule has 1 atom stereocenters. The van der Waals surface area contributed by atoms with E-state index in [4.69, 9.17) is 14.2 Å². The zero-order valence-electron chi connectivity index (χ0n) is 10.3. The van der Waals surface area contributed by atoms with E-state index in [-0.39, 0.29) is 18.6 Å². The summed E-state index contributed by atoms with van der Waals surface area (Å²) < 4.78 is 29.4. The number of nitrogens with zero attached hydrogens (tertiary/aromatic N) is 1. The van der Waals surface area contributed by atoms with Crippen LogP contribution in [0.25, 0.3) is 0 Å². The molecule has 1 unspecified atom stereocenters. The zero-order valence-corrected chi connectivity index (χ0v) is 10.3. The van der Waals surface area contributed by atoms with Gasteiger partial charge in [-0.3, -0.25) is 4.79 Å². The quantitative estimate of drug-likeness (QED) is 0.801. The number of carbonyl (C=O) groups is 1. The van der Waals surface area contributed by atoms with Gasteiger partial charge in [-0.05, 0) is 12.1 Å². The lowest BCUT2D eigenvalue weighted by atomic mass is 10.2. The minimum atomic E-state index is -0.400. The van der Waals surface area contributed by atoms with Gasteiger partial charge in [0.15, 0.2) is 6.61 Å². The highest BCUT2D eigenvalue weighted by molar-refractivity contribution is 5.97. The summed E-state index contributed by atoms with van der Waals surface area (Å²) in [5.74, 6) is -0.0899. The van der Waals surface area contributed by atoms with Gasteiger partial charge in [-0.2, -0.15) is 0 Å². The Morgan fingerprint density at radius 3 is 3.05 bits per heavy atom. The normalized spacial score (nSPS) is 22.9. The van der Waals surface area contributed by atoms with Crippen LogP contribution in [0, 0.1) is 5.82 Å². The van der Waals surface area contributed by atoms with Gasteiger partial charge in [0.2, 0.25) is 0 Å². The number of anilines is 1. The Bertz CT molecular complexity index is 488. The van der Waals surface area contributed by atoms with Crippen LogP contribution in [-0.2, 0) is 14.3 Å². The molecule has 102 valence electrons. The number of amides is 1. The molecule has 0 aromatic heterocycles. The second kappa shape index (κ2) is 5.14. The lowest BCUT2D eigenvalue weighted by Crippen LogP contribution is -2.46. The van der Waals surface area contributed by atoms with E-state index in [1.165, 1.54) is 23.1 Å². The van der Waals surface area contributed by atoms with Crippen molar-refractivity contribution < 1.29 is 23.4 Å². The van der Waals surface area contributed by atoms with E-state index in [1.54, 1.807) is 0 Å². The van der Waals surface area contributed by atoms with Crippen molar-refractivity contribution >= 4 is 11.6 Å². The Morgan fingerprint density at radius 1 is 1.37 bits per heavy atom. The van der Waals surface area contributed by atoms with Crippen molar-refractivity contribution in [3.05, 3.63) is 24.0 Å². The minimum absolute atomic E-state index is 0.0355. The Balaban J connectivity index is 1.83. The largest absolute Gasteiger partial charge is 0.482 e. The van der Waals surface area contributed by atoms with E-state index in [9.17, 15) is 9.18 Å². The standard InChI is InChI=1S/C13H14FNO4/c14-9-1-2-12-11(5-9)15(13(16)8-19-12)6-10-7-17-3-4-18-10/h1-2,5,10H,3-4,6-8H2. The van der Waals surface area contributed by atoms with E-state index in [1.807, 2.05) is 0 Å². The first kappa shape index (κ1) is 12.4. The fourth-order valence-electron chi connectivity index (χ4n) is 2.22. The van der Waals surface area contributed by atoms with E-state index < -0.39 is 5.82 Å². The Hall–Kier alpha value is -1.66. The first-order valence-corrected chi connectivity index (χ1v) is 6.16. The van der Waals surface area contributed by atoms with Crippen LogP contribution in [0.4, 0.5) is 10.1 Å². The second-order valence-electron chi connectivity index (χ2n) is 4.47. The summed E-state index contributed by atoms with van der Waals surface area (Å²) >= 11 is 0. The van der Waals surface area contributed by atoms with Crippen molar-refractivity contribution in [2.45, 2.75) is 6.10 Å². The number of halogens is 1. The molecular formula is C13H14FNO4. The average molecular weight is 267 g/mol. The molecule has 0 saturated carbocycles. The smallest absolute Gasteiger partial charge is 0.265 e. The Kier molecular flexibility index (Phi) is 3.35. The summed E-state index contributed by atoms with van der Waals surface area (Å²) in [6.45, 7) is 1.83. The van der Waals surface area contributed by atoms with Gasteiger partial charge in [0.05, 0.1) is 38.2 Å². The Morgan fingerprint density at radius 2 is 2.26 bits per heavy atom. The fraction of sp³-hybridized carbons (Fsp3) is 0.462. The van der Waals surface area contributed by atoms with Crippen molar-refractivity contribution in [2.75, 3.05) is 37.9 Å². The monoisotopic (exact) mass is 267 g/mol. The highest BCUT2D eigenvalue weighted by Gasteiger charge is 2.29. The zero-order chi connectivity index (χ0) is 13.2. The van der Waals surface area contributed by atoms with Gasteiger partial charge < -0.3 is 19.1 Å². The second-order valence-corrected chi connectivity index (χ2v) is 4.47. The van der Waals surface area contributed by atoms with Crippen molar-refractivity contribution in [3.8, 4) is 5.75 Å². The molecular weight excluding hydrogens is 253 g/mol. The van der Waals surface area contributed by atoms with Crippen LogP contribution in [0.1, 0.15) is 0 Å². The van der Waals surface area contributed by atoms with Crippen LogP contribution in [0.3, 0.4) is 0 Å². The summed E-state index contributed by atoms with van der Waals surface area (Å²) in [7, 11) is 0. The molecule has 19 heavy (non-hydrogen) atoms. The highest BCUT2D eigenvalue weighted by atomic mass is 19.1. The summed E-state index contributed by atoms with van der Waals surface area (Å²) in [5, 5.41) is 0. The topological polar surface area (TPSA) is 48.0 Å². The van der Waals surface area contributed by atoms with Gasteiger partial charge >= 0.3 is 0 Å². The molecule has 5 nitrogen and oxygen atoms in total. The number of hydrogen-bond acceptors (Lipinski definition) is 4. The van der Waals surface area contributed by atoms with E-state index >= 15 is 0 Å². The molecule has 1 aromatic rings. The summed E-state index contributed by atoms with van der Waals surface area (Å²) in [6.07, 6.45) is -0.188. The van der Waals surface area contributed by atoms with Gasteiger partial charge in [0.1, 0.15) is 11.6 Å². The third kappa shape index (κ3) is 2.54. The van der Waals surface area contributed by atoms with E-state index in [0.29, 0.717) is 37.8 Å². The van der Waals surface area contributed by atoms with E-state index in [0.717, 1.165) is 0 Å². The molecule has 2 aliphatic heterocycles. The fourth-order valence-corrected chi connectivity index (χ4v) is 2.22. The maximum atomic E-state index is 13.3. The maximum absolute atomic E-state index is 13.3. The van der Waals surface area contributed by atoms with Crippen LogP contribution < -0.4 is 9.64 Å². The molecule has 1 saturated heterocycles. The molecule has 1 fully saturated rings. The number of carbonyl (C=O) groups excluding carboxylic acids is 1. The molecule has 2 aliphatic rings. The van der Waals surface area contributed by atoms with Crippen LogP contribution in [0.2, 0.25) is 0 Å². The lowest BCUT2D eigenvalue weighted by molar-refractivity contribution is -0.123. The minimum Gasteiger partial charge on any atom is -0.482 e. The van der Waals surface area contributed by atoms with Gasteiger partial charge in [0.25, 0.3) is 5.91 Å². The van der Waals surface area contributed by atoms with Crippen LogP contribution in [-0.4, -0.2) is 45.0 Å². The predicted octanol–water partition coefficient (Wildman–Crippen LogP) is 0.966. The predicted molar refractivity (Wildman–Crippen MR) is 64.8 cm³/mol. The number of benzene rings is 1. The lowest BCUT2D eigenvalue weighted by Gasteiger charge is -2.33. The van der Waals surface area contributed by atoms with Gasteiger partial charge in [-0.25, -0.2) is 4.39 Å². The number of hydrogen-bond donors (Lipinski definition) is 0. The molecule has 1 amide bonds. The number of fused-ring (bicyclic) bond motifs is 1. The van der Waals surface area contributed by atoms with Crippen LogP contribution >= 0.6 is 0 Å². The van der Waals surface area contributed by atoms with Crippen LogP contribution in [0.5, 0.6) is 5.75 Å². The van der Waals surface area contributed by atoms with Crippen molar-refractivity contribution in [1.29, 1.82) is 0 Å². The molecule has 0 spiro atoms. The average Bonchev–Trinajstić information content (AvgIpc) is 2.43. The molecule has 0 N–H and O–H groups in total. The molecule has 0 radical (unpaired) electrons. The number of ether oxygens (including phenoxy) is 3. The third-order valence-corrected chi connectivity index (χ3v) is 3.14. The summed E-state index contributed by atoms with van der Waals surface area (Å²) in [5.41, 5.74) is 0.449. The molecule has 3 rings (SSSR count). The molecule has 1 aromatic carbocycles. The first-order valence-electron chi connectivity index (χ1n) is 6.16. The highest BCUT2D eigenvalue weighted by Crippen LogP contribution is 2.32. The summed E-state index contributed by atoms with van der Waals surface area (Å²) in [4.78, 5) is 13.4. The van der Waals surface area contributed by atoms with Crippen molar-refractivity contribution in [3.63, 3.8) is 0 Å². The Labute approximate surface area is 109 Å². The number of rotatable bonds is 2. The summed E-state index contributed by atoms with van der Waals surface area (Å²) in [6, 6.07) is 4.14. The third-order valence-electron chi connectivity index (χ3n) is 3.14. The molecule has 0 bridgehead atoms. The molecule has 2 heterocycles.